The van der Waals surface area contributed by atoms with Gasteiger partial charge in [0.05, 0.1) is 0 Å². The van der Waals surface area contributed by atoms with E-state index in [1.165, 1.54) is 11.1 Å². The molecule has 0 aromatic heterocycles. The van der Waals surface area contributed by atoms with Gasteiger partial charge in [-0.1, -0.05) is 48.5 Å². The molecule has 0 spiro atoms. The zero-order valence-electron chi connectivity index (χ0n) is 19.5. The molecule has 0 amide bonds. The molecule has 0 bridgehead atoms. The molecule has 2 heterocycles. The summed E-state index contributed by atoms with van der Waals surface area (Å²) in [7, 11) is 0. The van der Waals surface area contributed by atoms with E-state index in [2.05, 4.69) is 12.1 Å². The van der Waals surface area contributed by atoms with Gasteiger partial charge in [0.1, 0.15) is 34.5 Å². The first-order valence-electron chi connectivity index (χ1n) is 11.8. The fourth-order valence-corrected chi connectivity index (χ4v) is 4.26. The number of benzene rings is 4. The molecule has 0 aliphatic carbocycles. The molecule has 6 rings (SSSR count). The quantitative estimate of drug-likeness (QED) is 0.272. The lowest BCUT2D eigenvalue weighted by molar-refractivity contribution is 0.162. The van der Waals surface area contributed by atoms with E-state index in [1.807, 2.05) is 86.6 Å². The summed E-state index contributed by atoms with van der Waals surface area (Å²) in [6, 6.07) is 28.3. The summed E-state index contributed by atoms with van der Waals surface area (Å²) in [4.78, 5) is 0. The van der Waals surface area contributed by atoms with Gasteiger partial charge in [-0.3, -0.25) is 0 Å². The molecule has 34 heavy (non-hydrogen) atoms. The maximum atomic E-state index is 6.45. The maximum Gasteiger partial charge on any atom is 0.134 e. The lowest BCUT2D eigenvalue weighted by Crippen LogP contribution is -2.07. The van der Waals surface area contributed by atoms with Crippen LogP contribution < -0.4 is 14.2 Å². The standard InChI is InChI=1S/C26H18O3.C4H10O/c1-3-9-21-17(7-1)15-19-23(27-21)11-5-13-25(19)29-26-14-6-12-24-20(26)16-18-8-2-4-10-22(18)28-24;1-3-5-4-2/h1-14H,15-16H2;3-4H2,1-2H3. The minimum absolute atomic E-state index is 0.788. The van der Waals surface area contributed by atoms with Gasteiger partial charge in [-0.15, -0.1) is 0 Å². The van der Waals surface area contributed by atoms with Crippen LogP contribution in [0.4, 0.5) is 0 Å². The molecule has 4 aromatic carbocycles. The van der Waals surface area contributed by atoms with Crippen molar-refractivity contribution in [3.63, 3.8) is 0 Å². The van der Waals surface area contributed by atoms with Gasteiger partial charge >= 0.3 is 0 Å². The highest BCUT2D eigenvalue weighted by atomic mass is 16.5. The molecule has 4 nitrogen and oxygen atoms in total. The Morgan fingerprint density at radius 1 is 0.559 bits per heavy atom. The largest absolute Gasteiger partial charge is 0.457 e. The fourth-order valence-electron chi connectivity index (χ4n) is 4.26. The van der Waals surface area contributed by atoms with Crippen molar-refractivity contribution in [1.29, 1.82) is 0 Å². The van der Waals surface area contributed by atoms with E-state index in [-0.39, 0.29) is 0 Å². The molecule has 0 radical (unpaired) electrons. The SMILES string of the molecule is CCOCC.c1ccc2c(c1)Cc1c(cccc1Oc1cccc3c1Cc1ccccc1O3)O2. The summed E-state index contributed by atoms with van der Waals surface area (Å²) in [5.74, 6) is 5.19. The monoisotopic (exact) mass is 452 g/mol. The van der Waals surface area contributed by atoms with Crippen molar-refractivity contribution in [1.82, 2.24) is 0 Å². The van der Waals surface area contributed by atoms with Gasteiger partial charge in [-0.05, 0) is 61.4 Å². The molecule has 0 N–H and O–H groups in total. The minimum atomic E-state index is 0.788. The van der Waals surface area contributed by atoms with Gasteiger partial charge in [0.25, 0.3) is 0 Å². The Morgan fingerprint density at radius 2 is 1.00 bits per heavy atom. The number of ether oxygens (including phenoxy) is 4. The van der Waals surface area contributed by atoms with Crippen LogP contribution in [0.25, 0.3) is 0 Å². The molecule has 0 fully saturated rings. The molecular weight excluding hydrogens is 424 g/mol. The third-order valence-electron chi connectivity index (χ3n) is 5.93. The second kappa shape index (κ2) is 10.0. The molecule has 0 saturated heterocycles. The maximum absolute atomic E-state index is 6.45. The summed E-state index contributed by atoms with van der Waals surface area (Å²) in [6.07, 6.45) is 1.58. The molecule has 4 aromatic rings. The topological polar surface area (TPSA) is 36.9 Å². The average Bonchev–Trinajstić information content (AvgIpc) is 2.88. The lowest BCUT2D eigenvalue weighted by atomic mass is 9.98. The van der Waals surface area contributed by atoms with Gasteiger partial charge in [0, 0.05) is 37.2 Å². The Bertz CT molecular complexity index is 1200. The smallest absolute Gasteiger partial charge is 0.134 e. The van der Waals surface area contributed by atoms with Gasteiger partial charge in [-0.2, -0.15) is 0 Å². The lowest BCUT2D eigenvalue weighted by Gasteiger charge is -2.25. The first-order valence-corrected chi connectivity index (χ1v) is 11.8. The highest BCUT2D eigenvalue weighted by Gasteiger charge is 2.23. The Balaban J connectivity index is 0.000000439. The van der Waals surface area contributed by atoms with Gasteiger partial charge in [0.15, 0.2) is 0 Å². The van der Waals surface area contributed by atoms with Crippen LogP contribution in [0.5, 0.6) is 34.5 Å². The zero-order chi connectivity index (χ0) is 23.3. The van der Waals surface area contributed by atoms with E-state index in [1.54, 1.807) is 0 Å². The second-order valence-corrected chi connectivity index (χ2v) is 8.12. The van der Waals surface area contributed by atoms with Crippen LogP contribution in [0.15, 0.2) is 84.9 Å². The van der Waals surface area contributed by atoms with E-state index in [0.29, 0.717) is 0 Å². The van der Waals surface area contributed by atoms with Crippen LogP contribution in [0.1, 0.15) is 36.1 Å². The first-order chi connectivity index (χ1) is 16.8. The van der Waals surface area contributed by atoms with Crippen molar-refractivity contribution in [2.75, 3.05) is 13.2 Å². The Kier molecular flexibility index (Phi) is 6.50. The minimum Gasteiger partial charge on any atom is -0.457 e. The Morgan fingerprint density at radius 3 is 1.44 bits per heavy atom. The van der Waals surface area contributed by atoms with Crippen molar-refractivity contribution in [3.8, 4) is 34.5 Å². The summed E-state index contributed by atoms with van der Waals surface area (Å²) in [6.45, 7) is 5.67. The Hall–Kier alpha value is -3.76. The molecule has 4 heteroatoms. The number of hydrogen-bond acceptors (Lipinski definition) is 4. The second-order valence-electron chi connectivity index (χ2n) is 8.12. The van der Waals surface area contributed by atoms with Crippen LogP contribution in [0, 0.1) is 0 Å². The number of fused-ring (bicyclic) bond motifs is 4. The van der Waals surface area contributed by atoms with E-state index < -0.39 is 0 Å². The zero-order valence-corrected chi connectivity index (χ0v) is 19.5. The fraction of sp³-hybridized carbons (Fsp3) is 0.200. The predicted octanol–water partition coefficient (Wildman–Crippen LogP) is 7.91. The van der Waals surface area contributed by atoms with E-state index in [0.717, 1.165) is 71.7 Å². The average molecular weight is 453 g/mol. The van der Waals surface area contributed by atoms with Crippen LogP contribution in [-0.2, 0) is 17.6 Å². The van der Waals surface area contributed by atoms with Crippen LogP contribution in [0.3, 0.4) is 0 Å². The number of hydrogen-bond donors (Lipinski definition) is 0. The summed E-state index contributed by atoms with van der Waals surface area (Å²) in [5, 5.41) is 0. The third-order valence-corrected chi connectivity index (χ3v) is 5.93. The molecule has 2 aliphatic rings. The number of para-hydroxylation sites is 2. The van der Waals surface area contributed by atoms with Crippen LogP contribution >= 0.6 is 0 Å². The van der Waals surface area contributed by atoms with Crippen molar-refractivity contribution in [2.45, 2.75) is 26.7 Å². The van der Waals surface area contributed by atoms with E-state index >= 15 is 0 Å². The predicted molar refractivity (Wildman–Crippen MR) is 134 cm³/mol. The van der Waals surface area contributed by atoms with Gasteiger partial charge in [-0.25, -0.2) is 0 Å². The molecule has 0 unspecified atom stereocenters. The van der Waals surface area contributed by atoms with Crippen molar-refractivity contribution in [2.24, 2.45) is 0 Å². The highest BCUT2D eigenvalue weighted by molar-refractivity contribution is 5.59. The van der Waals surface area contributed by atoms with Gasteiger partial charge < -0.3 is 18.9 Å². The van der Waals surface area contributed by atoms with Crippen LogP contribution in [-0.4, -0.2) is 13.2 Å². The normalized spacial score (nSPS) is 12.4. The van der Waals surface area contributed by atoms with Crippen LogP contribution in [0.2, 0.25) is 0 Å². The van der Waals surface area contributed by atoms with E-state index in [9.17, 15) is 0 Å². The summed E-state index contributed by atoms with van der Waals surface area (Å²) < 4.78 is 23.5. The third kappa shape index (κ3) is 4.50. The van der Waals surface area contributed by atoms with Crippen molar-refractivity contribution >= 4 is 0 Å². The van der Waals surface area contributed by atoms with E-state index in [4.69, 9.17) is 18.9 Å². The molecule has 2 aliphatic heterocycles. The van der Waals surface area contributed by atoms with Crippen molar-refractivity contribution in [3.05, 3.63) is 107 Å². The Labute approximate surface area is 200 Å². The summed E-state index contributed by atoms with van der Waals surface area (Å²) >= 11 is 0. The van der Waals surface area contributed by atoms with Crippen molar-refractivity contribution < 1.29 is 18.9 Å². The molecular formula is C30H28O4. The highest BCUT2D eigenvalue weighted by Crippen LogP contribution is 2.45. The molecule has 0 saturated carbocycles. The first kappa shape index (κ1) is 22.1. The number of rotatable bonds is 4. The van der Waals surface area contributed by atoms with Gasteiger partial charge in [0.2, 0.25) is 0 Å². The summed E-state index contributed by atoms with van der Waals surface area (Å²) in [5.41, 5.74) is 4.48. The molecule has 0 atom stereocenters. The molecule has 172 valence electrons.